The molecule has 0 saturated carbocycles. The van der Waals surface area contributed by atoms with Crippen molar-refractivity contribution in [1.29, 1.82) is 0 Å². The van der Waals surface area contributed by atoms with E-state index in [9.17, 15) is 14.8 Å². The van der Waals surface area contributed by atoms with Crippen molar-refractivity contribution in [3.63, 3.8) is 0 Å². The van der Waals surface area contributed by atoms with Crippen LogP contribution in [-0.4, -0.2) is 23.0 Å². The maximum atomic E-state index is 10.1. The van der Waals surface area contributed by atoms with Gasteiger partial charge in [-0.3, -0.25) is 4.79 Å². The van der Waals surface area contributed by atoms with Gasteiger partial charge in [-0.05, 0) is 0 Å². The first-order valence-corrected chi connectivity index (χ1v) is 2.54. The van der Waals surface area contributed by atoms with E-state index in [1.165, 1.54) is 0 Å². The highest BCUT2D eigenvalue weighted by molar-refractivity contribution is 5.82. The number of nitrogens with two attached hydrogens (primary N) is 2. The molecule has 6 nitrogen and oxygen atoms in total. The van der Waals surface area contributed by atoms with Crippen molar-refractivity contribution < 1.29 is 20.2 Å². The summed E-state index contributed by atoms with van der Waals surface area (Å²) in [6, 6.07) is -1.29. The SMILES string of the molecule is NC(=O)C[C@H]([NH2+][O-])C(=O)O. The molecule has 0 unspecified atom stereocenters. The Balaban J connectivity index is 3.83. The lowest BCUT2D eigenvalue weighted by molar-refractivity contribution is -0.614. The van der Waals surface area contributed by atoms with Gasteiger partial charge in [-0.1, -0.05) is 0 Å². The maximum Gasteiger partial charge on any atom is 0.363 e. The monoisotopic (exact) mass is 148 g/mol. The first-order chi connectivity index (χ1) is 4.57. The van der Waals surface area contributed by atoms with Gasteiger partial charge in [0.05, 0.1) is 6.42 Å². The van der Waals surface area contributed by atoms with Crippen LogP contribution in [0.2, 0.25) is 0 Å². The van der Waals surface area contributed by atoms with Gasteiger partial charge in [0, 0.05) is 0 Å². The van der Waals surface area contributed by atoms with Crippen molar-refractivity contribution in [3.8, 4) is 0 Å². The molecule has 0 fully saturated rings. The zero-order valence-corrected chi connectivity index (χ0v) is 5.11. The van der Waals surface area contributed by atoms with Gasteiger partial charge in [-0.25, -0.2) is 4.79 Å². The summed E-state index contributed by atoms with van der Waals surface area (Å²) < 4.78 is 0. The van der Waals surface area contributed by atoms with E-state index in [0.717, 1.165) is 0 Å². The number of carboxylic acid groups (broad SMARTS) is 1. The highest BCUT2D eigenvalue weighted by atomic mass is 16.5. The van der Waals surface area contributed by atoms with Crippen molar-refractivity contribution >= 4 is 11.9 Å². The number of hydrogen-bond acceptors (Lipinski definition) is 3. The third kappa shape index (κ3) is 3.00. The molecule has 5 N–H and O–H groups in total. The smallest absolute Gasteiger partial charge is 0.363 e. The number of quaternary nitrogens is 1. The minimum Gasteiger partial charge on any atom is -0.635 e. The quantitative estimate of drug-likeness (QED) is 0.378. The number of carbonyl (C=O) groups excluding carboxylic acids is 1. The van der Waals surface area contributed by atoms with Crippen LogP contribution < -0.4 is 11.2 Å². The molecule has 0 heterocycles. The fraction of sp³-hybridized carbons (Fsp3) is 0.500. The number of amides is 1. The minimum absolute atomic E-state index is 0.188. The van der Waals surface area contributed by atoms with Gasteiger partial charge in [-0.15, -0.1) is 0 Å². The molecule has 6 heteroatoms. The summed E-state index contributed by atoms with van der Waals surface area (Å²) in [6.45, 7) is 0. The Bertz CT molecular complexity index is 146. The molecule has 1 atom stereocenters. The van der Waals surface area contributed by atoms with E-state index in [-0.39, 0.29) is 5.48 Å². The zero-order chi connectivity index (χ0) is 8.15. The van der Waals surface area contributed by atoms with Crippen LogP contribution in [0.3, 0.4) is 0 Å². The van der Waals surface area contributed by atoms with E-state index in [1.54, 1.807) is 0 Å². The zero-order valence-electron chi connectivity index (χ0n) is 5.11. The molecule has 0 radical (unpaired) electrons. The van der Waals surface area contributed by atoms with Crippen LogP contribution in [-0.2, 0) is 9.59 Å². The summed E-state index contributed by atoms with van der Waals surface area (Å²) in [5, 5.41) is 18.1. The van der Waals surface area contributed by atoms with Gasteiger partial charge >= 0.3 is 5.97 Å². The van der Waals surface area contributed by atoms with E-state index >= 15 is 0 Å². The number of carboxylic acids is 1. The lowest BCUT2D eigenvalue weighted by Gasteiger charge is -2.09. The third-order valence-corrected chi connectivity index (χ3v) is 0.903. The molecule has 0 aliphatic carbocycles. The first kappa shape index (κ1) is 8.86. The predicted molar refractivity (Wildman–Crippen MR) is 30.5 cm³/mol. The second-order valence-electron chi connectivity index (χ2n) is 1.75. The highest BCUT2D eigenvalue weighted by Gasteiger charge is 2.19. The van der Waals surface area contributed by atoms with E-state index in [4.69, 9.17) is 5.11 Å². The Morgan fingerprint density at radius 3 is 2.30 bits per heavy atom. The molecular formula is C4H8N2O4. The van der Waals surface area contributed by atoms with Gasteiger partial charge in [0.25, 0.3) is 0 Å². The summed E-state index contributed by atoms with van der Waals surface area (Å²) >= 11 is 0. The molecule has 58 valence electrons. The fourth-order valence-corrected chi connectivity index (χ4v) is 0.410. The largest absolute Gasteiger partial charge is 0.635 e. The average Bonchev–Trinajstić information content (AvgIpc) is 1.81. The molecular weight excluding hydrogens is 140 g/mol. The van der Waals surface area contributed by atoms with Crippen LogP contribution in [0, 0.1) is 5.21 Å². The Kier molecular flexibility index (Phi) is 3.37. The van der Waals surface area contributed by atoms with Crippen LogP contribution in [0.1, 0.15) is 6.42 Å². The number of aliphatic carboxylic acids is 1. The molecule has 10 heavy (non-hydrogen) atoms. The molecule has 0 aromatic rings. The number of rotatable bonds is 4. The molecule has 0 saturated heterocycles. The molecule has 0 aromatic carbocycles. The van der Waals surface area contributed by atoms with E-state index in [1.807, 2.05) is 0 Å². The molecule has 0 aliphatic rings. The van der Waals surface area contributed by atoms with Gasteiger partial charge in [0.1, 0.15) is 0 Å². The Morgan fingerprint density at radius 2 is 2.20 bits per heavy atom. The summed E-state index contributed by atoms with van der Waals surface area (Å²) in [5.41, 5.74) is 4.83. The number of primary amides is 1. The second kappa shape index (κ2) is 3.80. The summed E-state index contributed by atoms with van der Waals surface area (Å²) in [7, 11) is 0. The Hall–Kier alpha value is -1.14. The second-order valence-corrected chi connectivity index (χ2v) is 1.75. The van der Waals surface area contributed by atoms with E-state index < -0.39 is 24.3 Å². The normalized spacial score (nSPS) is 12.5. The minimum atomic E-state index is -1.33. The van der Waals surface area contributed by atoms with Gasteiger partial charge in [-0.2, -0.15) is 0 Å². The van der Waals surface area contributed by atoms with Crippen molar-refractivity contribution in [2.24, 2.45) is 5.73 Å². The number of hydroxylamine groups is 1. The first-order valence-electron chi connectivity index (χ1n) is 2.54. The van der Waals surface area contributed by atoms with Crippen LogP contribution in [0.4, 0.5) is 0 Å². The molecule has 0 bridgehead atoms. The lowest BCUT2D eigenvalue weighted by Crippen LogP contribution is -2.86. The van der Waals surface area contributed by atoms with E-state index in [0.29, 0.717) is 0 Å². The van der Waals surface area contributed by atoms with Crippen molar-refractivity contribution in [3.05, 3.63) is 5.21 Å². The highest BCUT2D eigenvalue weighted by Crippen LogP contribution is 1.83. The predicted octanol–water partition coefficient (Wildman–Crippen LogP) is -2.62. The summed E-state index contributed by atoms with van der Waals surface area (Å²) in [6.07, 6.45) is -0.432. The van der Waals surface area contributed by atoms with Gasteiger partial charge < -0.3 is 21.5 Å². The van der Waals surface area contributed by atoms with Crippen LogP contribution in [0.15, 0.2) is 0 Å². The topological polar surface area (TPSA) is 120 Å². The molecule has 0 aliphatic heterocycles. The van der Waals surface area contributed by atoms with Crippen molar-refractivity contribution in [2.45, 2.75) is 12.5 Å². The Labute approximate surface area is 56.6 Å². The van der Waals surface area contributed by atoms with Gasteiger partial charge in [0.15, 0.2) is 6.04 Å². The molecule has 0 rings (SSSR count). The van der Waals surface area contributed by atoms with Crippen LogP contribution in [0.25, 0.3) is 0 Å². The summed E-state index contributed by atoms with van der Waals surface area (Å²) in [5.74, 6) is -2.12. The lowest BCUT2D eigenvalue weighted by atomic mass is 10.2. The Morgan fingerprint density at radius 1 is 1.70 bits per heavy atom. The molecule has 0 spiro atoms. The van der Waals surface area contributed by atoms with Crippen molar-refractivity contribution in [2.75, 3.05) is 0 Å². The molecule has 0 aromatic heterocycles. The third-order valence-electron chi connectivity index (χ3n) is 0.903. The van der Waals surface area contributed by atoms with Crippen LogP contribution in [0.5, 0.6) is 0 Å². The number of hydrogen-bond donors (Lipinski definition) is 3. The van der Waals surface area contributed by atoms with E-state index in [2.05, 4.69) is 5.73 Å². The fourth-order valence-electron chi connectivity index (χ4n) is 0.410. The number of carbonyl (C=O) groups is 2. The van der Waals surface area contributed by atoms with Crippen molar-refractivity contribution in [1.82, 2.24) is 0 Å². The summed E-state index contributed by atoms with van der Waals surface area (Å²) in [4.78, 5) is 20.1. The average molecular weight is 148 g/mol. The molecule has 1 amide bonds. The van der Waals surface area contributed by atoms with Crippen LogP contribution >= 0.6 is 0 Å². The standard InChI is InChI=1S/C4H8N2O4/c5-3(7)1-2(6-10)4(8)9/h2H,1,6H2,(H2,5,7)(H,8,9)/t2-/m0/s1. The maximum absolute atomic E-state index is 10.1. The van der Waals surface area contributed by atoms with Gasteiger partial charge in [0.2, 0.25) is 5.91 Å².